The molecular formula is C15H15BrN4. The van der Waals surface area contributed by atoms with Crippen molar-refractivity contribution in [2.45, 2.75) is 31.1 Å². The number of benzene rings is 1. The number of H-pyrrole nitrogens is 1. The highest BCUT2D eigenvalue weighted by Crippen LogP contribution is 2.44. The van der Waals surface area contributed by atoms with Crippen LogP contribution in [0.2, 0.25) is 0 Å². The number of hydrogen-bond acceptors (Lipinski definition) is 3. The first-order valence-electron chi connectivity index (χ1n) is 6.68. The van der Waals surface area contributed by atoms with E-state index in [0.717, 1.165) is 29.4 Å². The zero-order valence-electron chi connectivity index (χ0n) is 10.9. The highest BCUT2D eigenvalue weighted by molar-refractivity contribution is 9.10. The largest absolute Gasteiger partial charge is 0.381 e. The van der Waals surface area contributed by atoms with Crippen molar-refractivity contribution in [1.29, 1.82) is 5.26 Å². The average Bonchev–Trinajstić information content (AvgIpc) is 3.06. The Hall–Kier alpha value is -1.80. The molecule has 2 unspecified atom stereocenters. The molecule has 20 heavy (non-hydrogen) atoms. The Balaban J connectivity index is 1.80. The van der Waals surface area contributed by atoms with E-state index < -0.39 is 0 Å². The van der Waals surface area contributed by atoms with E-state index in [9.17, 15) is 0 Å². The molecule has 1 saturated carbocycles. The maximum absolute atomic E-state index is 9.17. The average molecular weight is 331 g/mol. The number of nitriles is 1. The lowest BCUT2D eigenvalue weighted by molar-refractivity contribution is 0.666. The number of hydrogen-bond donors (Lipinski definition) is 2. The smallest absolute Gasteiger partial charge is 0.163 e. The number of aromatic amines is 1. The summed E-state index contributed by atoms with van der Waals surface area (Å²) in [7, 11) is 0. The van der Waals surface area contributed by atoms with Crippen molar-refractivity contribution in [3.8, 4) is 6.07 Å². The van der Waals surface area contributed by atoms with Crippen molar-refractivity contribution in [2.75, 3.05) is 5.73 Å². The second kappa shape index (κ2) is 5.29. The van der Waals surface area contributed by atoms with Gasteiger partial charge in [0.15, 0.2) is 5.82 Å². The van der Waals surface area contributed by atoms with Crippen LogP contribution in [0.25, 0.3) is 0 Å². The fraction of sp³-hybridized carbons (Fsp3) is 0.333. The summed E-state index contributed by atoms with van der Waals surface area (Å²) in [4.78, 5) is 0. The Morgan fingerprint density at radius 1 is 1.25 bits per heavy atom. The number of halogens is 1. The van der Waals surface area contributed by atoms with Crippen LogP contribution in [0, 0.1) is 11.3 Å². The number of aromatic nitrogens is 2. The molecule has 1 fully saturated rings. The highest BCUT2D eigenvalue weighted by Gasteiger charge is 2.30. The summed E-state index contributed by atoms with van der Waals surface area (Å²) in [5.74, 6) is 1.21. The maximum atomic E-state index is 9.17. The fourth-order valence-electron chi connectivity index (χ4n) is 3.06. The van der Waals surface area contributed by atoms with E-state index in [1.807, 2.05) is 0 Å². The summed E-state index contributed by atoms with van der Waals surface area (Å²) in [6, 6.07) is 10.7. The van der Waals surface area contributed by atoms with Crippen molar-refractivity contribution in [1.82, 2.24) is 10.2 Å². The van der Waals surface area contributed by atoms with Gasteiger partial charge < -0.3 is 5.73 Å². The van der Waals surface area contributed by atoms with Gasteiger partial charge >= 0.3 is 0 Å². The lowest BCUT2D eigenvalue weighted by Crippen LogP contribution is -1.98. The van der Waals surface area contributed by atoms with E-state index >= 15 is 0 Å². The van der Waals surface area contributed by atoms with Gasteiger partial charge in [-0.15, -0.1) is 0 Å². The number of anilines is 1. The molecule has 4 nitrogen and oxygen atoms in total. The zero-order valence-corrected chi connectivity index (χ0v) is 12.5. The number of nitrogens with one attached hydrogen (secondary N) is 1. The molecule has 2 aromatic rings. The van der Waals surface area contributed by atoms with Gasteiger partial charge in [0.05, 0.1) is 5.69 Å². The lowest BCUT2D eigenvalue weighted by Gasteiger charge is -2.11. The van der Waals surface area contributed by atoms with E-state index in [4.69, 9.17) is 11.0 Å². The van der Waals surface area contributed by atoms with Gasteiger partial charge in [-0.3, -0.25) is 5.10 Å². The Morgan fingerprint density at radius 3 is 2.65 bits per heavy atom. The summed E-state index contributed by atoms with van der Waals surface area (Å²) in [6.07, 6.45) is 3.24. The monoisotopic (exact) mass is 330 g/mol. The SMILES string of the molecule is N#Cc1c(N)n[nH]c1C1CCC(c2ccc(Br)cc2)C1. The van der Waals surface area contributed by atoms with E-state index in [1.54, 1.807) is 0 Å². The zero-order chi connectivity index (χ0) is 14.1. The van der Waals surface area contributed by atoms with Crippen LogP contribution in [-0.2, 0) is 0 Å². The molecule has 1 aromatic heterocycles. The predicted molar refractivity (Wildman–Crippen MR) is 81.2 cm³/mol. The van der Waals surface area contributed by atoms with E-state index in [-0.39, 0.29) is 0 Å². The van der Waals surface area contributed by atoms with Gasteiger partial charge in [0.25, 0.3) is 0 Å². The minimum absolute atomic E-state index is 0.314. The van der Waals surface area contributed by atoms with Crippen molar-refractivity contribution in [3.63, 3.8) is 0 Å². The summed E-state index contributed by atoms with van der Waals surface area (Å²) in [6.45, 7) is 0. The second-order valence-electron chi connectivity index (χ2n) is 5.27. The number of nitrogen functional groups attached to an aromatic ring is 1. The van der Waals surface area contributed by atoms with Gasteiger partial charge in [-0.05, 0) is 42.9 Å². The van der Waals surface area contributed by atoms with Crippen LogP contribution >= 0.6 is 15.9 Å². The molecule has 0 spiro atoms. The van der Waals surface area contributed by atoms with Crippen LogP contribution in [-0.4, -0.2) is 10.2 Å². The van der Waals surface area contributed by atoms with Crippen LogP contribution in [0.3, 0.4) is 0 Å². The molecule has 3 N–H and O–H groups in total. The third-order valence-corrected chi connectivity index (χ3v) is 4.65. The van der Waals surface area contributed by atoms with E-state index in [1.165, 1.54) is 5.56 Å². The van der Waals surface area contributed by atoms with Crippen molar-refractivity contribution in [3.05, 3.63) is 45.6 Å². The van der Waals surface area contributed by atoms with Crippen LogP contribution < -0.4 is 5.73 Å². The summed E-state index contributed by atoms with van der Waals surface area (Å²) >= 11 is 3.46. The molecule has 1 aromatic carbocycles. The Morgan fingerprint density at radius 2 is 1.95 bits per heavy atom. The maximum Gasteiger partial charge on any atom is 0.163 e. The van der Waals surface area contributed by atoms with Crippen molar-refractivity contribution < 1.29 is 0 Å². The molecule has 0 radical (unpaired) electrons. The second-order valence-corrected chi connectivity index (χ2v) is 6.18. The molecule has 5 heteroatoms. The van der Waals surface area contributed by atoms with Crippen molar-refractivity contribution in [2.24, 2.45) is 0 Å². The first-order valence-corrected chi connectivity index (χ1v) is 7.47. The van der Waals surface area contributed by atoms with Gasteiger partial charge in [0, 0.05) is 10.4 Å². The molecule has 0 saturated heterocycles. The summed E-state index contributed by atoms with van der Waals surface area (Å²) in [5.41, 5.74) is 8.50. The van der Waals surface area contributed by atoms with E-state index in [0.29, 0.717) is 23.2 Å². The summed E-state index contributed by atoms with van der Waals surface area (Å²) < 4.78 is 1.10. The molecule has 0 aliphatic heterocycles. The number of rotatable bonds is 2. The van der Waals surface area contributed by atoms with Gasteiger partial charge in [-0.25, -0.2) is 0 Å². The lowest BCUT2D eigenvalue weighted by atomic mass is 9.94. The Bertz CT molecular complexity index is 654. The van der Waals surface area contributed by atoms with Gasteiger partial charge in [0.2, 0.25) is 0 Å². The van der Waals surface area contributed by atoms with Crippen LogP contribution in [0.1, 0.15) is 47.9 Å². The molecule has 1 aliphatic carbocycles. The Labute approximate surface area is 126 Å². The standard InChI is InChI=1S/C15H15BrN4/c16-12-5-3-9(4-6-12)10-1-2-11(7-10)14-13(8-17)15(18)20-19-14/h3-6,10-11H,1-2,7H2,(H3,18,19,20). The summed E-state index contributed by atoms with van der Waals surface area (Å²) in [5, 5.41) is 16.1. The molecule has 2 atom stereocenters. The van der Waals surface area contributed by atoms with E-state index in [2.05, 4.69) is 56.5 Å². The molecule has 1 aliphatic rings. The quantitative estimate of drug-likeness (QED) is 0.881. The van der Waals surface area contributed by atoms with Gasteiger partial charge in [-0.1, -0.05) is 28.1 Å². The predicted octanol–water partition coefficient (Wildman–Crippen LogP) is 3.68. The Kier molecular flexibility index (Phi) is 3.49. The third-order valence-electron chi connectivity index (χ3n) is 4.12. The molecular weight excluding hydrogens is 316 g/mol. The highest BCUT2D eigenvalue weighted by atomic mass is 79.9. The topological polar surface area (TPSA) is 78.5 Å². The van der Waals surface area contributed by atoms with Crippen LogP contribution in [0.15, 0.2) is 28.7 Å². The number of nitrogens with zero attached hydrogens (tertiary/aromatic N) is 2. The molecule has 1 heterocycles. The first kappa shape index (κ1) is 13.2. The molecule has 3 rings (SSSR count). The van der Waals surface area contributed by atoms with Gasteiger partial charge in [-0.2, -0.15) is 10.4 Å². The fourth-order valence-corrected chi connectivity index (χ4v) is 3.33. The van der Waals surface area contributed by atoms with Crippen LogP contribution in [0.5, 0.6) is 0 Å². The minimum Gasteiger partial charge on any atom is -0.381 e. The third kappa shape index (κ3) is 2.32. The number of nitrogens with two attached hydrogens (primary N) is 1. The van der Waals surface area contributed by atoms with Crippen LogP contribution in [0.4, 0.5) is 5.82 Å². The first-order chi connectivity index (χ1) is 9.69. The van der Waals surface area contributed by atoms with Crippen molar-refractivity contribution >= 4 is 21.7 Å². The minimum atomic E-state index is 0.314. The normalized spacial score (nSPS) is 21.8. The van der Waals surface area contributed by atoms with Gasteiger partial charge in [0.1, 0.15) is 11.6 Å². The molecule has 0 amide bonds. The molecule has 102 valence electrons. The molecule has 0 bridgehead atoms.